The summed E-state index contributed by atoms with van der Waals surface area (Å²) in [5.41, 5.74) is 4.11. The van der Waals surface area contributed by atoms with Crippen molar-refractivity contribution in [2.24, 2.45) is 0 Å². The molecule has 1 aliphatic carbocycles. The van der Waals surface area contributed by atoms with E-state index in [9.17, 15) is 4.79 Å². The zero-order valence-electron chi connectivity index (χ0n) is 14.5. The molecule has 0 fully saturated rings. The van der Waals surface area contributed by atoms with Crippen LogP contribution in [-0.4, -0.2) is 38.4 Å². The maximum Gasteiger partial charge on any atom is 0.276 e. The van der Waals surface area contributed by atoms with E-state index >= 15 is 0 Å². The normalized spacial score (nSPS) is 13.4. The summed E-state index contributed by atoms with van der Waals surface area (Å²) in [4.78, 5) is 17.0. The molecule has 8 heteroatoms. The Bertz CT molecular complexity index is 929. The van der Waals surface area contributed by atoms with Gasteiger partial charge in [0.2, 0.25) is 0 Å². The number of hydrogen-bond donors (Lipinski definition) is 3. The number of nitrogens with zero attached hydrogens (tertiary/aromatic N) is 3. The third kappa shape index (κ3) is 3.23. The van der Waals surface area contributed by atoms with Gasteiger partial charge in [0.15, 0.2) is 17.3 Å². The van der Waals surface area contributed by atoms with Gasteiger partial charge in [-0.3, -0.25) is 15.0 Å². The van der Waals surface area contributed by atoms with E-state index in [2.05, 4.69) is 30.7 Å². The summed E-state index contributed by atoms with van der Waals surface area (Å²) >= 11 is 0. The highest BCUT2D eigenvalue weighted by Crippen LogP contribution is 2.24. The highest BCUT2D eigenvalue weighted by Gasteiger charge is 2.21. The van der Waals surface area contributed by atoms with E-state index < -0.39 is 0 Å². The van der Waals surface area contributed by atoms with Crippen molar-refractivity contribution >= 4 is 11.6 Å². The molecule has 3 aromatic rings. The standard InChI is InChI=1S/C18H20N6O2/c1-26-10-15-20-17(24-22-15)11-5-4-6-12(9-11)19-18(25)16-13-7-2-3-8-14(13)21-23-16/h4-6,9H,2-3,7-8,10H2,1H3,(H,19,25)(H,21,23)(H,20,22,24). The Kier molecular flexibility index (Phi) is 4.49. The van der Waals surface area contributed by atoms with Gasteiger partial charge in [0.1, 0.15) is 6.61 Å². The fraction of sp³-hybridized carbons (Fsp3) is 0.333. The molecule has 2 heterocycles. The molecule has 2 aromatic heterocycles. The second-order valence-electron chi connectivity index (χ2n) is 6.31. The molecule has 0 atom stereocenters. The first-order chi connectivity index (χ1) is 12.7. The van der Waals surface area contributed by atoms with Gasteiger partial charge in [0.25, 0.3) is 5.91 Å². The van der Waals surface area contributed by atoms with Crippen LogP contribution in [-0.2, 0) is 24.2 Å². The second kappa shape index (κ2) is 7.09. The number of methoxy groups -OCH3 is 1. The van der Waals surface area contributed by atoms with Crippen molar-refractivity contribution in [2.45, 2.75) is 32.3 Å². The minimum atomic E-state index is -0.198. The van der Waals surface area contributed by atoms with Crippen LogP contribution in [0.3, 0.4) is 0 Å². The summed E-state index contributed by atoms with van der Waals surface area (Å²) in [5.74, 6) is 1.02. The smallest absolute Gasteiger partial charge is 0.276 e. The minimum absolute atomic E-state index is 0.198. The molecule has 0 radical (unpaired) electrons. The molecule has 134 valence electrons. The number of nitrogens with one attached hydrogen (secondary N) is 3. The first-order valence-corrected chi connectivity index (χ1v) is 8.62. The number of fused-ring (bicyclic) bond motifs is 1. The van der Waals surface area contributed by atoms with Crippen molar-refractivity contribution in [3.8, 4) is 11.4 Å². The van der Waals surface area contributed by atoms with E-state index in [0.717, 1.165) is 42.5 Å². The molecule has 0 bridgehead atoms. The van der Waals surface area contributed by atoms with Crippen LogP contribution in [0.25, 0.3) is 11.4 Å². The van der Waals surface area contributed by atoms with Gasteiger partial charge in [-0.2, -0.15) is 10.2 Å². The quantitative estimate of drug-likeness (QED) is 0.654. The number of aromatic nitrogens is 5. The SMILES string of the molecule is COCc1nc(-c2cccc(NC(=O)c3n[nH]c4c3CCCC4)c2)n[nH]1. The summed E-state index contributed by atoms with van der Waals surface area (Å²) in [6.07, 6.45) is 4.09. The maximum absolute atomic E-state index is 12.6. The Morgan fingerprint density at radius 3 is 3.00 bits per heavy atom. The van der Waals surface area contributed by atoms with Gasteiger partial charge < -0.3 is 10.1 Å². The van der Waals surface area contributed by atoms with E-state index in [1.807, 2.05) is 24.3 Å². The predicted octanol–water partition coefficient (Wildman–Crippen LogP) is 2.47. The summed E-state index contributed by atoms with van der Waals surface area (Å²) in [6.45, 7) is 0.369. The number of carbonyl (C=O) groups is 1. The van der Waals surface area contributed by atoms with Gasteiger partial charge in [-0.05, 0) is 37.8 Å². The van der Waals surface area contributed by atoms with E-state index in [0.29, 0.717) is 29.6 Å². The lowest BCUT2D eigenvalue weighted by atomic mass is 9.96. The van der Waals surface area contributed by atoms with Crippen LogP contribution in [0.5, 0.6) is 0 Å². The highest BCUT2D eigenvalue weighted by atomic mass is 16.5. The third-order valence-corrected chi connectivity index (χ3v) is 4.46. The molecule has 0 unspecified atom stereocenters. The summed E-state index contributed by atoms with van der Waals surface area (Å²) in [5, 5.41) is 17.2. The van der Waals surface area contributed by atoms with Crippen molar-refractivity contribution in [1.82, 2.24) is 25.4 Å². The summed E-state index contributed by atoms with van der Waals surface area (Å²) in [7, 11) is 1.60. The molecule has 3 N–H and O–H groups in total. The number of hydrogen-bond acceptors (Lipinski definition) is 5. The number of ether oxygens (including phenoxy) is 1. The summed E-state index contributed by atoms with van der Waals surface area (Å²) < 4.78 is 5.04. The Morgan fingerprint density at radius 1 is 1.23 bits per heavy atom. The first-order valence-electron chi connectivity index (χ1n) is 8.62. The maximum atomic E-state index is 12.6. The average molecular weight is 352 g/mol. The van der Waals surface area contributed by atoms with Crippen LogP contribution >= 0.6 is 0 Å². The van der Waals surface area contributed by atoms with Crippen molar-refractivity contribution in [2.75, 3.05) is 12.4 Å². The van der Waals surface area contributed by atoms with E-state index in [-0.39, 0.29) is 5.91 Å². The van der Waals surface area contributed by atoms with Crippen LogP contribution in [0.4, 0.5) is 5.69 Å². The minimum Gasteiger partial charge on any atom is -0.377 e. The molecule has 1 aliphatic rings. The zero-order valence-corrected chi connectivity index (χ0v) is 14.5. The fourth-order valence-corrected chi connectivity index (χ4v) is 3.22. The zero-order chi connectivity index (χ0) is 17.9. The Labute approximate surface area is 150 Å². The molecular formula is C18H20N6O2. The Morgan fingerprint density at radius 2 is 2.12 bits per heavy atom. The number of carbonyl (C=O) groups excluding carboxylic acids is 1. The van der Waals surface area contributed by atoms with E-state index in [1.165, 1.54) is 0 Å². The molecule has 0 saturated heterocycles. The molecule has 26 heavy (non-hydrogen) atoms. The molecule has 1 amide bonds. The lowest BCUT2D eigenvalue weighted by molar-refractivity contribution is 0.102. The van der Waals surface area contributed by atoms with Gasteiger partial charge >= 0.3 is 0 Å². The molecular weight excluding hydrogens is 332 g/mol. The van der Waals surface area contributed by atoms with E-state index in [1.54, 1.807) is 7.11 Å². The average Bonchev–Trinajstić information content (AvgIpc) is 3.29. The molecule has 0 spiro atoms. The molecule has 4 rings (SSSR count). The second-order valence-corrected chi connectivity index (χ2v) is 6.31. The lowest BCUT2D eigenvalue weighted by Crippen LogP contribution is -2.15. The largest absolute Gasteiger partial charge is 0.377 e. The highest BCUT2D eigenvalue weighted by molar-refractivity contribution is 6.04. The number of aromatic amines is 2. The van der Waals surface area contributed by atoms with Gasteiger partial charge in [-0.15, -0.1) is 0 Å². The summed E-state index contributed by atoms with van der Waals surface area (Å²) in [6, 6.07) is 7.43. The third-order valence-electron chi connectivity index (χ3n) is 4.46. The van der Waals surface area contributed by atoms with Crippen molar-refractivity contribution in [3.05, 3.63) is 47.0 Å². The lowest BCUT2D eigenvalue weighted by Gasteiger charge is -2.11. The number of amides is 1. The molecule has 8 nitrogen and oxygen atoms in total. The van der Waals surface area contributed by atoms with Crippen LogP contribution in [0.15, 0.2) is 24.3 Å². The molecule has 0 saturated carbocycles. The molecule has 0 aliphatic heterocycles. The number of aryl methyl sites for hydroxylation is 1. The van der Waals surface area contributed by atoms with Crippen LogP contribution in [0.2, 0.25) is 0 Å². The predicted molar refractivity (Wildman–Crippen MR) is 95.7 cm³/mol. The van der Waals surface area contributed by atoms with Gasteiger partial charge in [0.05, 0.1) is 0 Å². The number of rotatable bonds is 5. The van der Waals surface area contributed by atoms with Crippen LogP contribution in [0.1, 0.15) is 40.4 Å². The number of anilines is 1. The van der Waals surface area contributed by atoms with Crippen molar-refractivity contribution < 1.29 is 9.53 Å². The van der Waals surface area contributed by atoms with Crippen LogP contribution in [0, 0.1) is 0 Å². The Hall–Kier alpha value is -3.00. The number of benzene rings is 1. The van der Waals surface area contributed by atoms with Crippen molar-refractivity contribution in [1.29, 1.82) is 0 Å². The fourth-order valence-electron chi connectivity index (χ4n) is 3.22. The topological polar surface area (TPSA) is 109 Å². The van der Waals surface area contributed by atoms with Gasteiger partial charge in [-0.1, -0.05) is 12.1 Å². The first kappa shape index (κ1) is 16.5. The van der Waals surface area contributed by atoms with E-state index in [4.69, 9.17) is 4.74 Å². The van der Waals surface area contributed by atoms with Gasteiger partial charge in [-0.25, -0.2) is 4.98 Å². The monoisotopic (exact) mass is 352 g/mol. The Balaban J connectivity index is 1.53. The van der Waals surface area contributed by atoms with Gasteiger partial charge in [0, 0.05) is 29.6 Å². The number of H-pyrrole nitrogens is 2. The van der Waals surface area contributed by atoms with Crippen molar-refractivity contribution in [3.63, 3.8) is 0 Å². The van der Waals surface area contributed by atoms with Crippen LogP contribution < -0.4 is 5.32 Å². The molecule has 1 aromatic carbocycles.